The van der Waals surface area contributed by atoms with Gasteiger partial charge in [0, 0.05) is 33.1 Å². The number of aryl methyl sites for hydroxylation is 2. The van der Waals surface area contributed by atoms with Gasteiger partial charge in [-0.2, -0.15) is 0 Å². The van der Waals surface area contributed by atoms with Crippen LogP contribution in [0, 0.1) is 20.8 Å². The van der Waals surface area contributed by atoms with Gasteiger partial charge in [-0.15, -0.1) is 0 Å². The molecule has 37 heavy (non-hydrogen) atoms. The fraction of sp³-hybridized carbons (Fsp3) is 0.161. The minimum atomic E-state index is -0.0841. The van der Waals surface area contributed by atoms with Gasteiger partial charge in [0.1, 0.15) is 0 Å². The van der Waals surface area contributed by atoms with Crippen LogP contribution >= 0.6 is 28.1 Å². The van der Waals surface area contributed by atoms with E-state index in [1.807, 2.05) is 18.3 Å². The number of hydrogen-bond donors (Lipinski definition) is 1. The maximum absolute atomic E-state index is 5.96. The summed E-state index contributed by atoms with van der Waals surface area (Å²) in [6, 6.07) is 29.7. The molecule has 1 N–H and O–H groups in total. The normalized spacial score (nSPS) is 17.4. The van der Waals surface area contributed by atoms with Crippen LogP contribution in [-0.4, -0.2) is 14.7 Å². The molecule has 3 heterocycles. The molecule has 0 aliphatic carbocycles. The van der Waals surface area contributed by atoms with Crippen LogP contribution in [0.5, 0.6) is 0 Å². The molecule has 1 saturated heterocycles. The van der Waals surface area contributed by atoms with Crippen LogP contribution in [0.2, 0.25) is 0 Å². The van der Waals surface area contributed by atoms with Gasteiger partial charge in [0.25, 0.3) is 0 Å². The van der Waals surface area contributed by atoms with Gasteiger partial charge in [-0.25, -0.2) is 0 Å². The van der Waals surface area contributed by atoms with E-state index in [-0.39, 0.29) is 12.1 Å². The molecule has 0 spiro atoms. The zero-order valence-corrected chi connectivity index (χ0v) is 23.3. The summed E-state index contributed by atoms with van der Waals surface area (Å²) in [5.41, 5.74) is 8.01. The molecule has 0 radical (unpaired) electrons. The molecule has 0 unspecified atom stereocenters. The number of nitrogens with one attached hydrogen (secondary N) is 1. The Kier molecular flexibility index (Phi) is 6.09. The molecule has 6 heteroatoms. The van der Waals surface area contributed by atoms with Crippen molar-refractivity contribution in [2.75, 3.05) is 4.90 Å². The van der Waals surface area contributed by atoms with Crippen molar-refractivity contribution in [3.8, 4) is 5.69 Å². The number of rotatable bonds is 4. The van der Waals surface area contributed by atoms with Crippen molar-refractivity contribution >= 4 is 49.7 Å². The van der Waals surface area contributed by atoms with Gasteiger partial charge in [-0.05, 0) is 92.0 Å². The zero-order valence-electron chi connectivity index (χ0n) is 20.9. The lowest BCUT2D eigenvalue weighted by Crippen LogP contribution is -2.29. The van der Waals surface area contributed by atoms with Crippen LogP contribution in [0.25, 0.3) is 16.5 Å². The Morgan fingerprint density at radius 1 is 0.892 bits per heavy atom. The van der Waals surface area contributed by atoms with Gasteiger partial charge in [0.05, 0.1) is 23.5 Å². The summed E-state index contributed by atoms with van der Waals surface area (Å²) >= 11 is 9.61. The van der Waals surface area contributed by atoms with Gasteiger partial charge in [0.15, 0.2) is 5.11 Å². The average Bonchev–Trinajstić information content (AvgIpc) is 3.40. The maximum atomic E-state index is 5.96. The highest BCUT2D eigenvalue weighted by atomic mass is 79.9. The Morgan fingerprint density at radius 3 is 2.46 bits per heavy atom. The zero-order chi connectivity index (χ0) is 25.7. The van der Waals surface area contributed by atoms with Gasteiger partial charge in [0.2, 0.25) is 0 Å². The molecule has 2 atom stereocenters. The molecule has 2 aromatic heterocycles. The van der Waals surface area contributed by atoms with Gasteiger partial charge >= 0.3 is 0 Å². The fourth-order valence-corrected chi connectivity index (χ4v) is 6.18. The first-order chi connectivity index (χ1) is 17.9. The van der Waals surface area contributed by atoms with Crippen molar-refractivity contribution in [3.63, 3.8) is 0 Å². The van der Waals surface area contributed by atoms with Crippen LogP contribution in [0.15, 0.2) is 95.6 Å². The number of halogens is 1. The largest absolute Gasteiger partial charge is 0.351 e. The van der Waals surface area contributed by atoms with Crippen molar-refractivity contribution in [2.24, 2.45) is 0 Å². The molecule has 5 aromatic rings. The lowest BCUT2D eigenvalue weighted by molar-refractivity contribution is 0.565. The summed E-state index contributed by atoms with van der Waals surface area (Å²) in [4.78, 5) is 6.98. The number of hydrogen-bond acceptors (Lipinski definition) is 2. The summed E-state index contributed by atoms with van der Waals surface area (Å²) in [6.45, 7) is 6.51. The van der Waals surface area contributed by atoms with Crippen molar-refractivity contribution in [1.29, 1.82) is 0 Å². The van der Waals surface area contributed by atoms with E-state index in [2.05, 4.69) is 124 Å². The number of benzene rings is 3. The number of aromatic nitrogens is 2. The minimum absolute atomic E-state index is 0.0575. The van der Waals surface area contributed by atoms with Gasteiger partial charge in [-0.1, -0.05) is 58.4 Å². The number of anilines is 1. The summed E-state index contributed by atoms with van der Waals surface area (Å²) in [5, 5.41) is 6.78. The van der Waals surface area contributed by atoms with Crippen molar-refractivity contribution in [2.45, 2.75) is 32.9 Å². The van der Waals surface area contributed by atoms with E-state index in [1.165, 1.54) is 39.0 Å². The van der Waals surface area contributed by atoms with E-state index in [1.54, 1.807) is 0 Å². The smallest absolute Gasteiger partial charge is 0.174 e. The van der Waals surface area contributed by atoms with Crippen LogP contribution < -0.4 is 10.2 Å². The first-order valence-electron chi connectivity index (χ1n) is 12.4. The van der Waals surface area contributed by atoms with Crippen LogP contribution in [0.4, 0.5) is 5.69 Å². The predicted molar refractivity (Wildman–Crippen MR) is 160 cm³/mol. The summed E-state index contributed by atoms with van der Waals surface area (Å²) in [6.07, 6.45) is 1.85. The standard InChI is InChI=1S/C31H27BrN4S/c1-19-17-23(14-15-26(19)32)36-30(29(34-31(36)37)27-12-6-7-16-33-27)25-18-20(2)35(21(25)3)28-13-8-10-22-9-4-5-11-24(22)28/h4-18,29-30H,1-3H3,(H,34,37)/t29-,30-/m0/s1. The maximum Gasteiger partial charge on any atom is 0.174 e. The monoisotopic (exact) mass is 566 g/mol. The van der Waals surface area contributed by atoms with E-state index in [0.29, 0.717) is 5.11 Å². The molecular formula is C31H27BrN4S. The van der Waals surface area contributed by atoms with Crippen molar-refractivity contribution in [1.82, 2.24) is 14.9 Å². The van der Waals surface area contributed by atoms with Crippen molar-refractivity contribution in [3.05, 3.63) is 124 Å². The molecule has 184 valence electrons. The second-order valence-electron chi connectivity index (χ2n) is 9.59. The second-order valence-corrected chi connectivity index (χ2v) is 10.8. The van der Waals surface area contributed by atoms with Crippen LogP contribution in [0.3, 0.4) is 0 Å². The summed E-state index contributed by atoms with van der Waals surface area (Å²) < 4.78 is 3.46. The Balaban J connectivity index is 1.55. The highest BCUT2D eigenvalue weighted by Gasteiger charge is 2.42. The van der Waals surface area contributed by atoms with Crippen LogP contribution in [0.1, 0.15) is 40.3 Å². The van der Waals surface area contributed by atoms with Crippen LogP contribution in [-0.2, 0) is 0 Å². The second kappa shape index (κ2) is 9.43. The van der Waals surface area contributed by atoms with E-state index in [4.69, 9.17) is 17.2 Å². The average molecular weight is 568 g/mol. The van der Waals surface area contributed by atoms with Gasteiger partial charge in [-0.3, -0.25) is 4.98 Å². The van der Waals surface area contributed by atoms with Gasteiger partial charge < -0.3 is 14.8 Å². The number of fused-ring (bicyclic) bond motifs is 1. The molecule has 0 bridgehead atoms. The minimum Gasteiger partial charge on any atom is -0.351 e. The topological polar surface area (TPSA) is 33.1 Å². The highest BCUT2D eigenvalue weighted by molar-refractivity contribution is 9.10. The Bertz CT molecular complexity index is 1640. The fourth-order valence-electron chi connectivity index (χ4n) is 5.59. The molecule has 1 aliphatic rings. The molecule has 6 rings (SSSR count). The molecular weight excluding hydrogens is 540 g/mol. The van der Waals surface area contributed by atoms with E-state index < -0.39 is 0 Å². The quantitative estimate of drug-likeness (QED) is 0.224. The highest BCUT2D eigenvalue weighted by Crippen LogP contribution is 2.44. The molecule has 1 fully saturated rings. The Hall–Kier alpha value is -3.48. The van der Waals surface area contributed by atoms with E-state index >= 15 is 0 Å². The lowest BCUT2D eigenvalue weighted by atomic mass is 9.96. The summed E-state index contributed by atoms with van der Waals surface area (Å²) in [5.74, 6) is 0. The summed E-state index contributed by atoms with van der Waals surface area (Å²) in [7, 11) is 0. The molecule has 0 amide bonds. The molecule has 4 nitrogen and oxygen atoms in total. The SMILES string of the molecule is Cc1cc(N2C(=S)N[C@@H](c3ccccn3)[C@@H]2c2cc(C)n(-c3cccc4ccccc34)c2C)ccc1Br. The number of thiocarbonyl (C=S) groups is 1. The Labute approximate surface area is 231 Å². The van der Waals surface area contributed by atoms with Crippen molar-refractivity contribution < 1.29 is 0 Å². The lowest BCUT2D eigenvalue weighted by Gasteiger charge is -2.28. The third-order valence-electron chi connectivity index (χ3n) is 7.31. The third-order valence-corrected chi connectivity index (χ3v) is 8.52. The molecule has 3 aromatic carbocycles. The molecule has 1 aliphatic heterocycles. The Morgan fingerprint density at radius 2 is 1.68 bits per heavy atom. The first-order valence-corrected chi connectivity index (χ1v) is 13.6. The number of pyridine rings is 1. The molecule has 0 saturated carbocycles. The third kappa shape index (κ3) is 4.05. The number of nitrogens with zero attached hydrogens (tertiary/aromatic N) is 3. The first kappa shape index (κ1) is 23.9. The van der Waals surface area contributed by atoms with E-state index in [9.17, 15) is 0 Å². The van der Waals surface area contributed by atoms with E-state index in [0.717, 1.165) is 15.9 Å². The predicted octanol–water partition coefficient (Wildman–Crippen LogP) is 7.89.